The number of hydrogen-bond acceptors (Lipinski definition) is 3. The number of unbranched alkanes of at least 4 members (excludes halogenated alkanes) is 1. The molecular formula is C15H32N2O. The summed E-state index contributed by atoms with van der Waals surface area (Å²) < 4.78 is 5.70. The van der Waals surface area contributed by atoms with E-state index in [0.717, 1.165) is 26.3 Å². The molecular weight excluding hydrogens is 224 g/mol. The van der Waals surface area contributed by atoms with Crippen molar-refractivity contribution in [1.82, 2.24) is 10.2 Å². The zero-order valence-corrected chi connectivity index (χ0v) is 12.6. The smallest absolute Gasteiger partial charge is 0.0593 e. The van der Waals surface area contributed by atoms with E-state index in [4.69, 9.17) is 4.74 Å². The Labute approximate surface area is 113 Å². The minimum absolute atomic E-state index is 0.688. The molecule has 0 aromatic heterocycles. The van der Waals surface area contributed by atoms with Gasteiger partial charge in [-0.3, -0.25) is 4.90 Å². The second kappa shape index (κ2) is 9.76. The lowest BCUT2D eigenvalue weighted by molar-refractivity contribution is 0.0618. The maximum atomic E-state index is 5.70. The van der Waals surface area contributed by atoms with E-state index < -0.39 is 0 Å². The third kappa shape index (κ3) is 5.68. The van der Waals surface area contributed by atoms with Crippen LogP contribution in [0.2, 0.25) is 0 Å². The van der Waals surface area contributed by atoms with E-state index in [9.17, 15) is 0 Å². The molecule has 1 saturated heterocycles. The van der Waals surface area contributed by atoms with Gasteiger partial charge in [-0.2, -0.15) is 0 Å². The first kappa shape index (κ1) is 15.9. The van der Waals surface area contributed by atoms with Crippen LogP contribution in [-0.2, 0) is 4.74 Å². The average molecular weight is 256 g/mol. The Bertz CT molecular complexity index is 199. The molecule has 0 aromatic rings. The first-order valence-corrected chi connectivity index (χ1v) is 7.86. The van der Waals surface area contributed by atoms with Crippen LogP contribution < -0.4 is 5.32 Å². The van der Waals surface area contributed by atoms with E-state index in [-0.39, 0.29) is 0 Å². The predicted octanol–water partition coefficient (Wildman–Crippen LogP) is 2.66. The zero-order valence-electron chi connectivity index (χ0n) is 12.6. The van der Waals surface area contributed by atoms with Gasteiger partial charge in [-0.05, 0) is 19.3 Å². The third-order valence-corrected chi connectivity index (χ3v) is 3.89. The van der Waals surface area contributed by atoms with Gasteiger partial charge in [0.05, 0.1) is 6.61 Å². The van der Waals surface area contributed by atoms with Crippen LogP contribution >= 0.6 is 0 Å². The fourth-order valence-corrected chi connectivity index (χ4v) is 2.68. The number of nitrogens with zero attached hydrogens (tertiary/aromatic N) is 1. The molecule has 0 radical (unpaired) electrons. The largest absolute Gasteiger partial charge is 0.380 e. The summed E-state index contributed by atoms with van der Waals surface area (Å²) in [6, 6.07) is 1.39. The summed E-state index contributed by atoms with van der Waals surface area (Å²) >= 11 is 0. The predicted molar refractivity (Wildman–Crippen MR) is 78.1 cm³/mol. The van der Waals surface area contributed by atoms with Crippen molar-refractivity contribution in [3.05, 3.63) is 0 Å². The standard InChI is InChI=1S/C15H32N2O/c1-4-7-10-18-11-9-17-13-14(8-5-2)16-12-15(17)6-3/h14-16H,4-13H2,1-3H3. The van der Waals surface area contributed by atoms with Crippen molar-refractivity contribution in [2.45, 2.75) is 65.0 Å². The van der Waals surface area contributed by atoms with E-state index >= 15 is 0 Å². The van der Waals surface area contributed by atoms with Gasteiger partial charge in [0.2, 0.25) is 0 Å². The van der Waals surface area contributed by atoms with Crippen LogP contribution in [0.1, 0.15) is 52.9 Å². The molecule has 1 rings (SSSR count). The van der Waals surface area contributed by atoms with Crippen molar-refractivity contribution < 1.29 is 4.74 Å². The Morgan fingerprint density at radius 1 is 1.17 bits per heavy atom. The van der Waals surface area contributed by atoms with Crippen molar-refractivity contribution in [3.8, 4) is 0 Å². The van der Waals surface area contributed by atoms with Crippen LogP contribution in [0, 0.1) is 0 Å². The van der Waals surface area contributed by atoms with Gasteiger partial charge in [-0.1, -0.05) is 33.6 Å². The first-order chi connectivity index (χ1) is 8.81. The Hall–Kier alpha value is -0.120. The van der Waals surface area contributed by atoms with E-state index in [1.54, 1.807) is 0 Å². The lowest BCUT2D eigenvalue weighted by Gasteiger charge is -2.40. The third-order valence-electron chi connectivity index (χ3n) is 3.89. The van der Waals surface area contributed by atoms with Crippen molar-refractivity contribution >= 4 is 0 Å². The van der Waals surface area contributed by atoms with Gasteiger partial charge in [0.25, 0.3) is 0 Å². The van der Waals surface area contributed by atoms with Gasteiger partial charge in [-0.15, -0.1) is 0 Å². The Morgan fingerprint density at radius 3 is 2.67 bits per heavy atom. The molecule has 1 aliphatic rings. The summed E-state index contributed by atoms with van der Waals surface area (Å²) in [4.78, 5) is 2.63. The van der Waals surface area contributed by atoms with Crippen LogP contribution in [0.4, 0.5) is 0 Å². The monoisotopic (exact) mass is 256 g/mol. The van der Waals surface area contributed by atoms with E-state index in [2.05, 4.69) is 31.0 Å². The molecule has 18 heavy (non-hydrogen) atoms. The number of ether oxygens (including phenoxy) is 1. The summed E-state index contributed by atoms with van der Waals surface area (Å²) in [6.07, 6.45) is 6.22. The summed E-state index contributed by atoms with van der Waals surface area (Å²) in [7, 11) is 0. The molecule has 1 heterocycles. The van der Waals surface area contributed by atoms with Crippen LogP contribution in [0.5, 0.6) is 0 Å². The molecule has 2 unspecified atom stereocenters. The van der Waals surface area contributed by atoms with Crippen molar-refractivity contribution in [1.29, 1.82) is 0 Å². The minimum Gasteiger partial charge on any atom is -0.380 e. The Kier molecular flexibility index (Phi) is 8.64. The molecule has 1 N–H and O–H groups in total. The summed E-state index contributed by atoms with van der Waals surface area (Å²) in [5.41, 5.74) is 0. The molecule has 1 fully saturated rings. The SMILES string of the molecule is CCCCOCCN1CC(CCC)NCC1CC. The van der Waals surface area contributed by atoms with Gasteiger partial charge < -0.3 is 10.1 Å². The maximum absolute atomic E-state index is 5.70. The van der Waals surface area contributed by atoms with E-state index in [1.807, 2.05) is 0 Å². The molecule has 0 aliphatic carbocycles. The molecule has 0 amide bonds. The normalized spacial score (nSPS) is 25.5. The molecule has 108 valence electrons. The Balaban J connectivity index is 2.24. The molecule has 1 aliphatic heterocycles. The summed E-state index contributed by atoms with van der Waals surface area (Å²) in [5, 5.41) is 3.68. The van der Waals surface area contributed by atoms with E-state index in [1.165, 1.54) is 38.6 Å². The second-order valence-corrected chi connectivity index (χ2v) is 5.42. The van der Waals surface area contributed by atoms with Crippen LogP contribution in [-0.4, -0.2) is 49.8 Å². The molecule has 0 aromatic carbocycles. The zero-order chi connectivity index (χ0) is 13.2. The highest BCUT2D eigenvalue weighted by Crippen LogP contribution is 2.12. The summed E-state index contributed by atoms with van der Waals surface area (Å²) in [5.74, 6) is 0. The number of hydrogen-bond donors (Lipinski definition) is 1. The molecule has 0 bridgehead atoms. The Morgan fingerprint density at radius 2 is 2.00 bits per heavy atom. The van der Waals surface area contributed by atoms with Gasteiger partial charge in [0, 0.05) is 38.3 Å². The van der Waals surface area contributed by atoms with Crippen LogP contribution in [0.15, 0.2) is 0 Å². The highest BCUT2D eigenvalue weighted by Gasteiger charge is 2.25. The van der Waals surface area contributed by atoms with Gasteiger partial charge in [-0.25, -0.2) is 0 Å². The fraction of sp³-hybridized carbons (Fsp3) is 1.00. The van der Waals surface area contributed by atoms with Crippen molar-refractivity contribution in [3.63, 3.8) is 0 Å². The average Bonchev–Trinajstić information content (AvgIpc) is 2.39. The van der Waals surface area contributed by atoms with Crippen LogP contribution in [0.3, 0.4) is 0 Å². The molecule has 0 spiro atoms. The quantitative estimate of drug-likeness (QED) is 0.642. The van der Waals surface area contributed by atoms with Crippen molar-refractivity contribution in [2.75, 3.05) is 32.8 Å². The van der Waals surface area contributed by atoms with Gasteiger partial charge in [0.1, 0.15) is 0 Å². The maximum Gasteiger partial charge on any atom is 0.0593 e. The second-order valence-electron chi connectivity index (χ2n) is 5.42. The lowest BCUT2D eigenvalue weighted by atomic mass is 10.0. The number of piperazine rings is 1. The van der Waals surface area contributed by atoms with Crippen molar-refractivity contribution in [2.24, 2.45) is 0 Å². The first-order valence-electron chi connectivity index (χ1n) is 7.86. The van der Waals surface area contributed by atoms with Gasteiger partial charge >= 0.3 is 0 Å². The molecule has 3 nitrogen and oxygen atoms in total. The summed E-state index contributed by atoms with van der Waals surface area (Å²) in [6.45, 7) is 12.0. The van der Waals surface area contributed by atoms with Gasteiger partial charge in [0.15, 0.2) is 0 Å². The number of nitrogens with one attached hydrogen (secondary N) is 1. The highest BCUT2D eigenvalue weighted by atomic mass is 16.5. The lowest BCUT2D eigenvalue weighted by Crippen LogP contribution is -2.56. The highest BCUT2D eigenvalue weighted by molar-refractivity contribution is 4.85. The van der Waals surface area contributed by atoms with Crippen LogP contribution in [0.25, 0.3) is 0 Å². The van der Waals surface area contributed by atoms with E-state index in [0.29, 0.717) is 12.1 Å². The molecule has 2 atom stereocenters. The molecule has 0 saturated carbocycles. The number of rotatable bonds is 9. The fourth-order valence-electron chi connectivity index (χ4n) is 2.68. The topological polar surface area (TPSA) is 24.5 Å². The molecule has 3 heteroatoms. The minimum atomic E-state index is 0.688.